The number of aryl methyl sites for hydroxylation is 2. The molecule has 0 saturated heterocycles. The van der Waals surface area contributed by atoms with Crippen LogP contribution in [0.1, 0.15) is 12.1 Å². The van der Waals surface area contributed by atoms with Crippen LogP contribution in [0.2, 0.25) is 0 Å². The SMILES string of the molecule is Cn1nnnc1-c1cc2n(n1)CCCNC2. The lowest BCUT2D eigenvalue weighted by Crippen LogP contribution is -2.11. The maximum absolute atomic E-state index is 4.53. The molecule has 7 heteroatoms. The van der Waals surface area contributed by atoms with Crippen LogP contribution < -0.4 is 5.32 Å². The maximum Gasteiger partial charge on any atom is 0.202 e. The van der Waals surface area contributed by atoms with Crippen molar-refractivity contribution in [2.45, 2.75) is 19.5 Å². The topological polar surface area (TPSA) is 73.5 Å². The zero-order chi connectivity index (χ0) is 11.0. The molecule has 7 nitrogen and oxygen atoms in total. The molecule has 84 valence electrons. The van der Waals surface area contributed by atoms with Crippen molar-refractivity contribution in [1.29, 1.82) is 0 Å². The van der Waals surface area contributed by atoms with Gasteiger partial charge in [0.25, 0.3) is 0 Å². The second-order valence-electron chi connectivity index (χ2n) is 3.90. The summed E-state index contributed by atoms with van der Waals surface area (Å²) in [5, 5.41) is 19.3. The highest BCUT2D eigenvalue weighted by Crippen LogP contribution is 2.16. The molecule has 0 saturated carbocycles. The van der Waals surface area contributed by atoms with Crippen LogP contribution in [0, 0.1) is 0 Å². The van der Waals surface area contributed by atoms with Gasteiger partial charge in [0.2, 0.25) is 5.82 Å². The fourth-order valence-electron chi connectivity index (χ4n) is 1.92. The third-order valence-electron chi connectivity index (χ3n) is 2.74. The van der Waals surface area contributed by atoms with Crippen molar-refractivity contribution in [3.63, 3.8) is 0 Å². The summed E-state index contributed by atoms with van der Waals surface area (Å²) in [4.78, 5) is 0. The summed E-state index contributed by atoms with van der Waals surface area (Å²) in [5.41, 5.74) is 2.03. The fraction of sp³-hybridized carbons (Fsp3) is 0.556. The number of hydrogen-bond donors (Lipinski definition) is 1. The van der Waals surface area contributed by atoms with Gasteiger partial charge in [-0.1, -0.05) is 0 Å². The van der Waals surface area contributed by atoms with E-state index in [9.17, 15) is 0 Å². The van der Waals surface area contributed by atoms with E-state index in [0.717, 1.165) is 31.7 Å². The molecule has 16 heavy (non-hydrogen) atoms. The highest BCUT2D eigenvalue weighted by Gasteiger charge is 2.15. The van der Waals surface area contributed by atoms with Crippen molar-refractivity contribution in [2.75, 3.05) is 6.54 Å². The Labute approximate surface area is 92.4 Å². The molecular formula is C9H13N7. The molecule has 0 atom stereocenters. The minimum atomic E-state index is 0.709. The third kappa shape index (κ3) is 1.49. The second kappa shape index (κ2) is 3.67. The van der Waals surface area contributed by atoms with Crippen LogP contribution in [0.4, 0.5) is 0 Å². The Bertz CT molecular complexity index is 474. The van der Waals surface area contributed by atoms with E-state index in [1.807, 2.05) is 17.8 Å². The van der Waals surface area contributed by atoms with Crippen molar-refractivity contribution in [1.82, 2.24) is 35.3 Å². The van der Waals surface area contributed by atoms with E-state index in [1.165, 1.54) is 5.69 Å². The van der Waals surface area contributed by atoms with Gasteiger partial charge in [0.15, 0.2) is 0 Å². The molecule has 2 aromatic rings. The third-order valence-corrected chi connectivity index (χ3v) is 2.74. The first kappa shape index (κ1) is 9.46. The molecule has 0 aliphatic carbocycles. The molecule has 0 bridgehead atoms. The van der Waals surface area contributed by atoms with Gasteiger partial charge in [0.05, 0.1) is 5.69 Å². The Hall–Kier alpha value is -1.76. The van der Waals surface area contributed by atoms with Crippen LogP contribution in [0.5, 0.6) is 0 Å². The molecule has 0 aromatic carbocycles. The number of rotatable bonds is 1. The first-order valence-corrected chi connectivity index (χ1v) is 5.35. The Kier molecular flexibility index (Phi) is 2.17. The van der Waals surface area contributed by atoms with Crippen molar-refractivity contribution in [3.8, 4) is 11.5 Å². The summed E-state index contributed by atoms with van der Waals surface area (Å²) < 4.78 is 3.67. The Morgan fingerprint density at radius 3 is 3.19 bits per heavy atom. The molecule has 0 amide bonds. The van der Waals surface area contributed by atoms with Crippen LogP contribution in [-0.4, -0.2) is 36.5 Å². The van der Waals surface area contributed by atoms with Gasteiger partial charge in [-0.05, 0) is 29.5 Å². The lowest BCUT2D eigenvalue weighted by molar-refractivity contribution is 0.587. The van der Waals surface area contributed by atoms with Crippen LogP contribution in [0.25, 0.3) is 11.5 Å². The average molecular weight is 219 g/mol. The molecule has 1 aliphatic heterocycles. The molecule has 0 unspecified atom stereocenters. The Morgan fingerprint density at radius 1 is 1.44 bits per heavy atom. The normalized spacial score (nSPS) is 15.8. The maximum atomic E-state index is 4.53. The summed E-state index contributed by atoms with van der Waals surface area (Å²) in [6, 6.07) is 2.05. The van der Waals surface area contributed by atoms with E-state index >= 15 is 0 Å². The van der Waals surface area contributed by atoms with Crippen LogP contribution in [0.15, 0.2) is 6.07 Å². The zero-order valence-corrected chi connectivity index (χ0v) is 9.09. The number of aromatic nitrogens is 6. The molecule has 2 aromatic heterocycles. The van der Waals surface area contributed by atoms with Gasteiger partial charge >= 0.3 is 0 Å². The number of nitrogens with one attached hydrogen (secondary N) is 1. The minimum Gasteiger partial charge on any atom is -0.311 e. The summed E-state index contributed by atoms with van der Waals surface area (Å²) in [5.74, 6) is 0.709. The Balaban J connectivity index is 2.01. The van der Waals surface area contributed by atoms with Gasteiger partial charge < -0.3 is 5.32 Å². The van der Waals surface area contributed by atoms with E-state index in [2.05, 4.69) is 25.9 Å². The molecule has 1 aliphatic rings. The average Bonchev–Trinajstić information content (AvgIpc) is 2.80. The predicted octanol–water partition coefficient (Wildman–Crippen LogP) is -0.433. The number of tetrazole rings is 1. The Morgan fingerprint density at radius 2 is 2.38 bits per heavy atom. The first-order chi connectivity index (χ1) is 7.84. The summed E-state index contributed by atoms with van der Waals surface area (Å²) in [6.07, 6.45) is 1.10. The molecular weight excluding hydrogens is 206 g/mol. The van der Waals surface area contributed by atoms with Gasteiger partial charge in [0.1, 0.15) is 5.69 Å². The van der Waals surface area contributed by atoms with Crippen molar-refractivity contribution < 1.29 is 0 Å². The first-order valence-electron chi connectivity index (χ1n) is 5.35. The van der Waals surface area contributed by atoms with Crippen LogP contribution in [-0.2, 0) is 20.1 Å². The number of nitrogens with zero attached hydrogens (tertiary/aromatic N) is 6. The molecule has 0 fully saturated rings. The van der Waals surface area contributed by atoms with E-state index in [0.29, 0.717) is 5.82 Å². The second-order valence-corrected chi connectivity index (χ2v) is 3.90. The van der Waals surface area contributed by atoms with Gasteiger partial charge in [-0.2, -0.15) is 5.10 Å². The highest BCUT2D eigenvalue weighted by molar-refractivity contribution is 5.48. The van der Waals surface area contributed by atoms with E-state index in [1.54, 1.807) is 4.68 Å². The molecule has 1 N–H and O–H groups in total. The predicted molar refractivity (Wildman–Crippen MR) is 56.3 cm³/mol. The van der Waals surface area contributed by atoms with Gasteiger partial charge in [-0.3, -0.25) is 4.68 Å². The molecule has 3 rings (SSSR count). The van der Waals surface area contributed by atoms with Crippen molar-refractivity contribution in [3.05, 3.63) is 11.8 Å². The van der Waals surface area contributed by atoms with Crippen LogP contribution in [0.3, 0.4) is 0 Å². The summed E-state index contributed by atoms with van der Waals surface area (Å²) in [6.45, 7) is 2.86. The van der Waals surface area contributed by atoms with Gasteiger partial charge in [0, 0.05) is 20.1 Å². The molecule has 0 radical (unpaired) electrons. The van der Waals surface area contributed by atoms with Gasteiger partial charge in [-0.15, -0.1) is 5.10 Å². The van der Waals surface area contributed by atoms with Crippen molar-refractivity contribution in [2.24, 2.45) is 7.05 Å². The largest absolute Gasteiger partial charge is 0.311 e. The smallest absolute Gasteiger partial charge is 0.202 e. The summed E-state index contributed by atoms with van der Waals surface area (Å²) in [7, 11) is 1.82. The lowest BCUT2D eigenvalue weighted by atomic mass is 10.3. The molecule has 3 heterocycles. The highest BCUT2D eigenvalue weighted by atomic mass is 15.5. The van der Waals surface area contributed by atoms with E-state index in [4.69, 9.17) is 0 Å². The summed E-state index contributed by atoms with van der Waals surface area (Å²) >= 11 is 0. The quantitative estimate of drug-likeness (QED) is 0.704. The monoisotopic (exact) mass is 219 g/mol. The van der Waals surface area contributed by atoms with E-state index in [-0.39, 0.29) is 0 Å². The molecule has 0 spiro atoms. The fourth-order valence-corrected chi connectivity index (χ4v) is 1.92. The minimum absolute atomic E-state index is 0.709. The van der Waals surface area contributed by atoms with Gasteiger partial charge in [-0.25, -0.2) is 4.68 Å². The van der Waals surface area contributed by atoms with Crippen LogP contribution >= 0.6 is 0 Å². The van der Waals surface area contributed by atoms with Crippen molar-refractivity contribution >= 4 is 0 Å². The van der Waals surface area contributed by atoms with E-state index < -0.39 is 0 Å². The number of hydrogen-bond acceptors (Lipinski definition) is 5. The lowest BCUT2D eigenvalue weighted by Gasteiger charge is -1.98. The number of fused-ring (bicyclic) bond motifs is 1. The zero-order valence-electron chi connectivity index (χ0n) is 9.09. The standard InChI is InChI=1S/C9H13N7/c1-15-9(11-13-14-15)8-5-7-6-10-3-2-4-16(7)12-8/h5,10H,2-4,6H2,1H3.